The smallest absolute Gasteiger partial charge is 0.321 e. The van der Waals surface area contributed by atoms with E-state index < -0.39 is 17.6 Å². The second kappa shape index (κ2) is 8.52. The Hall–Kier alpha value is -3.38. The second-order valence-corrected chi connectivity index (χ2v) is 8.36. The number of aryl methyl sites for hydroxylation is 2. The Morgan fingerprint density at radius 3 is 2.33 bits per heavy atom. The van der Waals surface area contributed by atoms with Gasteiger partial charge in [0.05, 0.1) is 33.0 Å². The Morgan fingerprint density at radius 1 is 0.970 bits per heavy atom. The summed E-state index contributed by atoms with van der Waals surface area (Å²) in [6.45, 7) is 5.62. The SMILES string of the molecule is Cc1cc(C)c2nc(-c3ccccc3)c(C)c(C(=O)Nc3cc(C(F)(F)F)ccc3Cl)c2c1. The highest BCUT2D eigenvalue weighted by Gasteiger charge is 2.31. The molecular formula is C26H20ClF3N2O. The second-order valence-electron chi connectivity index (χ2n) is 7.95. The molecule has 4 aromatic rings. The predicted molar refractivity (Wildman–Crippen MR) is 126 cm³/mol. The average molecular weight is 469 g/mol. The van der Waals surface area contributed by atoms with Gasteiger partial charge >= 0.3 is 6.18 Å². The van der Waals surface area contributed by atoms with Gasteiger partial charge in [-0.05, 0) is 56.2 Å². The van der Waals surface area contributed by atoms with E-state index in [0.29, 0.717) is 27.7 Å². The highest BCUT2D eigenvalue weighted by Crippen LogP contribution is 2.36. The summed E-state index contributed by atoms with van der Waals surface area (Å²) in [4.78, 5) is 18.3. The molecule has 0 saturated carbocycles. The van der Waals surface area contributed by atoms with Crippen LogP contribution in [0.5, 0.6) is 0 Å². The van der Waals surface area contributed by atoms with Crippen LogP contribution in [0, 0.1) is 20.8 Å². The summed E-state index contributed by atoms with van der Waals surface area (Å²) in [5.41, 5.74) is 3.94. The van der Waals surface area contributed by atoms with Gasteiger partial charge < -0.3 is 5.32 Å². The van der Waals surface area contributed by atoms with Crippen molar-refractivity contribution >= 4 is 34.1 Å². The summed E-state index contributed by atoms with van der Waals surface area (Å²) in [6.07, 6.45) is -4.56. The fraction of sp³-hybridized carbons (Fsp3) is 0.154. The zero-order chi connectivity index (χ0) is 23.9. The van der Waals surface area contributed by atoms with Gasteiger partial charge in [-0.2, -0.15) is 13.2 Å². The minimum Gasteiger partial charge on any atom is -0.321 e. The molecule has 7 heteroatoms. The fourth-order valence-corrected chi connectivity index (χ4v) is 4.13. The number of benzene rings is 3. The average Bonchev–Trinajstić information content (AvgIpc) is 2.74. The van der Waals surface area contributed by atoms with E-state index in [1.165, 1.54) is 0 Å². The number of nitrogens with zero attached hydrogens (tertiary/aromatic N) is 1. The maximum Gasteiger partial charge on any atom is 0.416 e. The molecule has 0 bridgehead atoms. The van der Waals surface area contributed by atoms with Crippen molar-refractivity contribution < 1.29 is 18.0 Å². The largest absolute Gasteiger partial charge is 0.416 e. The first-order valence-corrected chi connectivity index (χ1v) is 10.6. The minimum absolute atomic E-state index is 0.0167. The Bertz CT molecular complexity index is 1380. The van der Waals surface area contributed by atoms with E-state index >= 15 is 0 Å². The highest BCUT2D eigenvalue weighted by atomic mass is 35.5. The van der Waals surface area contributed by atoms with E-state index in [1.54, 1.807) is 6.92 Å². The molecular weight excluding hydrogens is 449 g/mol. The zero-order valence-corrected chi connectivity index (χ0v) is 18.9. The van der Waals surface area contributed by atoms with E-state index in [4.69, 9.17) is 16.6 Å². The van der Waals surface area contributed by atoms with Crippen LogP contribution < -0.4 is 5.32 Å². The number of fused-ring (bicyclic) bond motifs is 1. The number of hydrogen-bond acceptors (Lipinski definition) is 2. The van der Waals surface area contributed by atoms with Crippen molar-refractivity contribution in [1.82, 2.24) is 4.98 Å². The van der Waals surface area contributed by atoms with Crippen molar-refractivity contribution in [3.8, 4) is 11.3 Å². The Labute approximate surface area is 194 Å². The third-order valence-corrected chi connectivity index (χ3v) is 5.81. The van der Waals surface area contributed by atoms with E-state index in [1.807, 2.05) is 56.3 Å². The minimum atomic E-state index is -4.56. The molecule has 0 radical (unpaired) electrons. The number of carbonyl (C=O) groups is 1. The molecule has 0 saturated heterocycles. The highest BCUT2D eigenvalue weighted by molar-refractivity contribution is 6.34. The molecule has 0 aliphatic rings. The fourth-order valence-electron chi connectivity index (χ4n) is 3.97. The molecule has 3 aromatic carbocycles. The first-order valence-electron chi connectivity index (χ1n) is 10.2. The lowest BCUT2D eigenvalue weighted by Gasteiger charge is -2.17. The summed E-state index contributed by atoms with van der Waals surface area (Å²) >= 11 is 6.12. The molecule has 1 N–H and O–H groups in total. The number of alkyl halides is 3. The van der Waals surface area contributed by atoms with Gasteiger partial charge in [0, 0.05) is 10.9 Å². The van der Waals surface area contributed by atoms with Gasteiger partial charge in [0.2, 0.25) is 0 Å². The number of rotatable bonds is 3. The molecule has 1 heterocycles. The summed E-state index contributed by atoms with van der Waals surface area (Å²) in [7, 11) is 0. The number of nitrogens with one attached hydrogen (secondary N) is 1. The van der Waals surface area contributed by atoms with Crippen molar-refractivity contribution in [3.63, 3.8) is 0 Å². The third kappa shape index (κ3) is 4.44. The zero-order valence-electron chi connectivity index (χ0n) is 18.1. The molecule has 0 aliphatic carbocycles. The molecule has 1 aromatic heterocycles. The van der Waals surface area contributed by atoms with Crippen molar-refractivity contribution in [2.45, 2.75) is 26.9 Å². The molecule has 1 amide bonds. The summed E-state index contributed by atoms with van der Waals surface area (Å²) in [6, 6.07) is 16.1. The quantitative estimate of drug-likeness (QED) is 0.334. The van der Waals surface area contributed by atoms with Gasteiger partial charge in [-0.1, -0.05) is 53.6 Å². The lowest BCUT2D eigenvalue weighted by atomic mass is 9.94. The summed E-state index contributed by atoms with van der Waals surface area (Å²) in [5, 5.41) is 3.24. The van der Waals surface area contributed by atoms with Gasteiger partial charge in [0.1, 0.15) is 0 Å². The van der Waals surface area contributed by atoms with Gasteiger partial charge in [-0.15, -0.1) is 0 Å². The molecule has 0 spiro atoms. The number of carbonyl (C=O) groups excluding carboxylic acids is 1. The number of hydrogen-bond donors (Lipinski definition) is 1. The third-order valence-electron chi connectivity index (χ3n) is 5.48. The van der Waals surface area contributed by atoms with Crippen molar-refractivity contribution in [1.29, 1.82) is 0 Å². The van der Waals surface area contributed by atoms with E-state index in [-0.39, 0.29) is 10.7 Å². The van der Waals surface area contributed by atoms with E-state index in [9.17, 15) is 18.0 Å². The first kappa shape index (κ1) is 22.8. The monoisotopic (exact) mass is 468 g/mol. The number of halogens is 4. The number of pyridine rings is 1. The van der Waals surface area contributed by atoms with Crippen LogP contribution in [0.3, 0.4) is 0 Å². The molecule has 3 nitrogen and oxygen atoms in total. The molecule has 0 aliphatic heterocycles. The normalized spacial score (nSPS) is 11.6. The number of aromatic nitrogens is 1. The summed E-state index contributed by atoms with van der Waals surface area (Å²) in [5.74, 6) is -0.552. The van der Waals surface area contributed by atoms with Gasteiger partial charge in [-0.25, -0.2) is 4.98 Å². The van der Waals surface area contributed by atoms with Crippen LogP contribution in [-0.4, -0.2) is 10.9 Å². The first-order chi connectivity index (χ1) is 15.6. The lowest BCUT2D eigenvalue weighted by molar-refractivity contribution is -0.137. The topological polar surface area (TPSA) is 42.0 Å². The van der Waals surface area contributed by atoms with Crippen LogP contribution in [0.25, 0.3) is 22.2 Å². The van der Waals surface area contributed by atoms with Crippen LogP contribution in [0.4, 0.5) is 18.9 Å². The van der Waals surface area contributed by atoms with Crippen LogP contribution in [0.15, 0.2) is 60.7 Å². The lowest BCUT2D eigenvalue weighted by Crippen LogP contribution is -2.16. The van der Waals surface area contributed by atoms with Gasteiger partial charge in [0.25, 0.3) is 5.91 Å². The van der Waals surface area contributed by atoms with Crippen molar-refractivity contribution in [2.24, 2.45) is 0 Å². The van der Waals surface area contributed by atoms with E-state index in [0.717, 1.165) is 34.9 Å². The maximum absolute atomic E-state index is 13.5. The van der Waals surface area contributed by atoms with Gasteiger partial charge in [0.15, 0.2) is 0 Å². The summed E-state index contributed by atoms with van der Waals surface area (Å²) < 4.78 is 39.6. The maximum atomic E-state index is 13.5. The molecule has 0 unspecified atom stereocenters. The molecule has 4 rings (SSSR count). The molecule has 33 heavy (non-hydrogen) atoms. The Balaban J connectivity index is 1.91. The molecule has 0 fully saturated rings. The number of anilines is 1. The Kier molecular flexibility index (Phi) is 5.89. The van der Waals surface area contributed by atoms with Crippen LogP contribution in [0.2, 0.25) is 5.02 Å². The molecule has 168 valence electrons. The number of amides is 1. The Morgan fingerprint density at radius 2 is 1.67 bits per heavy atom. The van der Waals surface area contributed by atoms with Crippen molar-refractivity contribution in [3.05, 3.63) is 93.5 Å². The predicted octanol–water partition coefficient (Wildman–Crippen LogP) is 7.75. The van der Waals surface area contributed by atoms with Crippen LogP contribution >= 0.6 is 11.6 Å². The van der Waals surface area contributed by atoms with Crippen molar-refractivity contribution in [2.75, 3.05) is 5.32 Å². The van der Waals surface area contributed by atoms with E-state index in [2.05, 4.69) is 5.32 Å². The van der Waals surface area contributed by atoms with Gasteiger partial charge in [-0.3, -0.25) is 4.79 Å². The molecule has 0 atom stereocenters. The van der Waals surface area contributed by atoms with Crippen LogP contribution in [-0.2, 0) is 6.18 Å². The van der Waals surface area contributed by atoms with Crippen LogP contribution in [0.1, 0.15) is 32.6 Å². The standard InChI is InChI=1S/C26H20ClF3N2O/c1-14-11-15(2)23-19(12-14)22(16(3)24(32-23)17-7-5-4-6-8-17)25(33)31-21-13-18(26(28,29)30)9-10-20(21)27/h4-13H,1-3H3,(H,31,33).